The van der Waals surface area contributed by atoms with Crippen molar-refractivity contribution in [2.45, 2.75) is 56.2 Å². The van der Waals surface area contributed by atoms with Crippen LogP contribution in [0.5, 0.6) is 0 Å². The lowest BCUT2D eigenvalue weighted by molar-refractivity contribution is -0.0328. The van der Waals surface area contributed by atoms with Crippen LogP contribution < -0.4 is 10.2 Å². The van der Waals surface area contributed by atoms with E-state index >= 15 is 0 Å². The Morgan fingerprint density at radius 3 is 2.48 bits per heavy atom. The first kappa shape index (κ1) is 21.8. The van der Waals surface area contributed by atoms with Gasteiger partial charge in [0.1, 0.15) is 5.82 Å². The van der Waals surface area contributed by atoms with Crippen molar-refractivity contribution in [3.05, 3.63) is 48.2 Å². The Hall–Kier alpha value is -1.93. The average molecular weight is 425 g/mol. The van der Waals surface area contributed by atoms with Crippen molar-refractivity contribution >= 4 is 23.3 Å². The first-order chi connectivity index (χ1) is 13.5. The van der Waals surface area contributed by atoms with Gasteiger partial charge in [0.2, 0.25) is 0 Å². The molecule has 3 rings (SSSR count). The lowest BCUT2D eigenvalue weighted by Gasteiger charge is -2.29. The molecule has 4 nitrogen and oxygen atoms in total. The summed E-state index contributed by atoms with van der Waals surface area (Å²) < 4.78 is 37.6. The number of anilines is 2. The van der Waals surface area contributed by atoms with Gasteiger partial charge < -0.3 is 10.2 Å². The second kappa shape index (κ2) is 8.44. The molecule has 0 atom stereocenters. The summed E-state index contributed by atoms with van der Waals surface area (Å²) in [6, 6.07) is 11.0. The monoisotopic (exact) mass is 424 g/mol. The average Bonchev–Trinajstić information content (AvgIpc) is 2.88. The van der Waals surface area contributed by atoms with E-state index in [0.717, 1.165) is 24.6 Å². The molecule has 8 heteroatoms. The van der Waals surface area contributed by atoms with Crippen molar-refractivity contribution in [2.24, 2.45) is 0 Å². The number of aromatic nitrogens is 1. The number of alkyl halides is 3. The number of nitrogens with zero attached hydrogens (tertiary/aromatic N) is 3. The molecule has 0 saturated carbocycles. The molecule has 158 valence electrons. The number of benzene rings is 1. The Morgan fingerprint density at radius 2 is 1.86 bits per heavy atom. The summed E-state index contributed by atoms with van der Waals surface area (Å²) >= 11 is -0.0813. The molecule has 2 heterocycles. The molecule has 2 aromatic rings. The summed E-state index contributed by atoms with van der Waals surface area (Å²) in [6.45, 7) is 10.8. The fraction of sp³-hybridized carbons (Fsp3) is 0.476. The van der Waals surface area contributed by atoms with Crippen LogP contribution in [0.3, 0.4) is 0 Å². The Balaban J connectivity index is 1.69. The minimum atomic E-state index is -4.26. The molecule has 1 fully saturated rings. The minimum Gasteiger partial charge on any atom is -0.368 e. The van der Waals surface area contributed by atoms with Gasteiger partial charge in [0.15, 0.2) is 0 Å². The van der Waals surface area contributed by atoms with Crippen molar-refractivity contribution in [1.82, 2.24) is 9.88 Å². The predicted octanol–water partition coefficient (Wildman–Crippen LogP) is 5.57. The predicted molar refractivity (Wildman–Crippen MR) is 113 cm³/mol. The molecule has 0 spiro atoms. The fourth-order valence-corrected chi connectivity index (χ4v) is 4.02. The van der Waals surface area contributed by atoms with Gasteiger partial charge in [0, 0.05) is 41.4 Å². The van der Waals surface area contributed by atoms with Crippen LogP contribution >= 0.6 is 11.8 Å². The van der Waals surface area contributed by atoms with Crippen molar-refractivity contribution in [3.63, 3.8) is 0 Å². The molecule has 1 saturated heterocycles. The molecule has 1 aliphatic heterocycles. The van der Waals surface area contributed by atoms with Gasteiger partial charge in [0.25, 0.3) is 0 Å². The van der Waals surface area contributed by atoms with E-state index in [0.29, 0.717) is 12.7 Å². The van der Waals surface area contributed by atoms with Gasteiger partial charge in [-0.05, 0) is 81.4 Å². The molecule has 0 aliphatic carbocycles. The molecule has 1 aliphatic rings. The highest BCUT2D eigenvalue weighted by Gasteiger charge is 2.37. The van der Waals surface area contributed by atoms with Gasteiger partial charge in [-0.2, -0.15) is 13.2 Å². The van der Waals surface area contributed by atoms with E-state index < -0.39 is 5.51 Å². The van der Waals surface area contributed by atoms with Crippen LogP contribution in [0.15, 0.2) is 47.5 Å². The first-order valence-corrected chi connectivity index (χ1v) is 10.4. The Labute approximate surface area is 174 Å². The van der Waals surface area contributed by atoms with E-state index in [2.05, 4.69) is 53.9 Å². The molecule has 1 aromatic carbocycles. The highest BCUT2D eigenvalue weighted by atomic mass is 32.2. The van der Waals surface area contributed by atoms with E-state index in [1.54, 1.807) is 12.1 Å². The van der Waals surface area contributed by atoms with Crippen molar-refractivity contribution in [1.29, 1.82) is 0 Å². The maximum absolute atomic E-state index is 12.5. The summed E-state index contributed by atoms with van der Waals surface area (Å²) in [6.07, 6.45) is 1.82. The number of rotatable bonds is 6. The zero-order chi connectivity index (χ0) is 21.2. The lowest BCUT2D eigenvalue weighted by Crippen LogP contribution is -2.39. The summed E-state index contributed by atoms with van der Waals surface area (Å²) in [7, 11) is 0. The number of hydrogen-bond acceptors (Lipinski definition) is 5. The van der Waals surface area contributed by atoms with Gasteiger partial charge in [-0.3, -0.25) is 4.90 Å². The largest absolute Gasteiger partial charge is 0.446 e. The van der Waals surface area contributed by atoms with Gasteiger partial charge in [-0.15, -0.1) is 0 Å². The summed E-state index contributed by atoms with van der Waals surface area (Å²) in [5.74, 6) is 0.865. The van der Waals surface area contributed by atoms with Crippen molar-refractivity contribution in [2.75, 3.05) is 23.4 Å². The van der Waals surface area contributed by atoms with Crippen LogP contribution in [0.4, 0.5) is 24.7 Å². The third kappa shape index (κ3) is 6.02. The second-order valence-electron chi connectivity index (χ2n) is 8.24. The number of halogens is 3. The van der Waals surface area contributed by atoms with Gasteiger partial charge in [0.05, 0.1) is 6.67 Å². The molecule has 0 amide bonds. The number of hydrogen-bond donors (Lipinski definition) is 1. The highest BCUT2D eigenvalue weighted by molar-refractivity contribution is 8.00. The van der Waals surface area contributed by atoms with Gasteiger partial charge in [-0.25, -0.2) is 4.98 Å². The standard InChI is InChI=1S/C21H27F3N4S/c1-15(2)26-19-11-16(9-10-25-19)12-28-14-27(13-20(28,3)4)17-5-7-18(8-6-17)29-21(22,23)24/h5-11,15H,12-14H2,1-4H3,(H,25,26). The van der Waals surface area contributed by atoms with Crippen molar-refractivity contribution in [3.8, 4) is 0 Å². The zero-order valence-corrected chi connectivity index (χ0v) is 17.9. The van der Waals surface area contributed by atoms with E-state index in [1.807, 2.05) is 12.3 Å². The quantitative estimate of drug-likeness (QED) is 0.613. The smallest absolute Gasteiger partial charge is 0.368 e. The number of pyridine rings is 1. The Morgan fingerprint density at radius 1 is 1.17 bits per heavy atom. The number of thioether (sulfide) groups is 1. The van der Waals surface area contributed by atoms with Crippen LogP contribution in [0.1, 0.15) is 33.3 Å². The molecule has 0 radical (unpaired) electrons. The highest BCUT2D eigenvalue weighted by Crippen LogP contribution is 2.38. The summed E-state index contributed by atoms with van der Waals surface area (Å²) in [5.41, 5.74) is -2.21. The molecule has 1 aromatic heterocycles. The summed E-state index contributed by atoms with van der Waals surface area (Å²) in [5, 5.41) is 3.32. The van der Waals surface area contributed by atoms with E-state index in [-0.39, 0.29) is 22.2 Å². The third-order valence-electron chi connectivity index (χ3n) is 4.85. The molecule has 1 N–H and O–H groups in total. The molecule has 29 heavy (non-hydrogen) atoms. The maximum Gasteiger partial charge on any atom is 0.446 e. The van der Waals surface area contributed by atoms with E-state index in [4.69, 9.17) is 0 Å². The van der Waals surface area contributed by atoms with Crippen LogP contribution in [0, 0.1) is 0 Å². The topological polar surface area (TPSA) is 31.4 Å². The first-order valence-electron chi connectivity index (χ1n) is 9.59. The minimum absolute atomic E-state index is 0.0612. The lowest BCUT2D eigenvalue weighted by atomic mass is 10.0. The van der Waals surface area contributed by atoms with Crippen LogP contribution in [0.25, 0.3) is 0 Å². The molecular weight excluding hydrogens is 397 g/mol. The van der Waals surface area contributed by atoms with Crippen LogP contribution in [-0.2, 0) is 6.54 Å². The normalized spacial score (nSPS) is 17.2. The summed E-state index contributed by atoms with van der Waals surface area (Å²) in [4.78, 5) is 9.15. The van der Waals surface area contributed by atoms with Gasteiger partial charge >= 0.3 is 5.51 Å². The van der Waals surface area contributed by atoms with Crippen molar-refractivity contribution < 1.29 is 13.2 Å². The maximum atomic E-state index is 12.5. The molecule has 0 bridgehead atoms. The molecule has 0 unspecified atom stereocenters. The Kier molecular flexibility index (Phi) is 6.33. The van der Waals surface area contributed by atoms with Crippen LogP contribution in [0.2, 0.25) is 0 Å². The van der Waals surface area contributed by atoms with Crippen LogP contribution in [-0.4, -0.2) is 40.2 Å². The fourth-order valence-electron chi connectivity index (χ4n) is 3.48. The van der Waals surface area contributed by atoms with E-state index in [1.165, 1.54) is 17.7 Å². The zero-order valence-electron chi connectivity index (χ0n) is 17.1. The number of nitrogens with one attached hydrogen (secondary N) is 1. The van der Waals surface area contributed by atoms with E-state index in [9.17, 15) is 13.2 Å². The Bertz CT molecular complexity index is 821. The third-order valence-corrected chi connectivity index (χ3v) is 5.58. The van der Waals surface area contributed by atoms with Gasteiger partial charge in [-0.1, -0.05) is 0 Å². The second-order valence-corrected chi connectivity index (χ2v) is 9.38. The SMILES string of the molecule is CC(C)Nc1cc(CN2CN(c3ccc(SC(F)(F)F)cc3)CC2(C)C)ccn1. The molecular formula is C21H27F3N4S.